The molecule has 0 spiro atoms. The van der Waals surface area contributed by atoms with Crippen LogP contribution < -0.4 is 10.6 Å². The highest BCUT2D eigenvalue weighted by Gasteiger charge is 2.52. The highest BCUT2D eigenvalue weighted by atomic mass is 16.8. The molecule has 0 unspecified atom stereocenters. The van der Waals surface area contributed by atoms with Crippen LogP contribution in [0.3, 0.4) is 0 Å². The normalized spacial score (nSPS) is 20.4. The summed E-state index contributed by atoms with van der Waals surface area (Å²) in [6.07, 6.45) is 10.5. The number of unbranched alkanes of at least 4 members (excludes halogenated alkanes) is 4. The van der Waals surface area contributed by atoms with Crippen LogP contribution in [0, 0.1) is 0 Å². The number of hydrogen-bond donors (Lipinski definition) is 4. The summed E-state index contributed by atoms with van der Waals surface area (Å²) in [6, 6.07) is 6.95. The zero-order valence-electron chi connectivity index (χ0n) is 26.6. The Bertz CT molecular complexity index is 1140. The van der Waals surface area contributed by atoms with Crippen LogP contribution >= 0.6 is 0 Å². The van der Waals surface area contributed by atoms with Gasteiger partial charge in [0.2, 0.25) is 11.8 Å². The van der Waals surface area contributed by atoms with Crippen LogP contribution in [0.4, 0.5) is 0 Å². The third-order valence-corrected chi connectivity index (χ3v) is 7.86. The van der Waals surface area contributed by atoms with E-state index in [1.807, 2.05) is 0 Å². The molecule has 0 bridgehead atoms. The minimum Gasteiger partial charge on any atom is -0.499 e. The Hall–Kier alpha value is -3.25. The zero-order valence-corrected chi connectivity index (χ0v) is 26.6. The van der Waals surface area contributed by atoms with Gasteiger partial charge in [0, 0.05) is 44.3 Å². The lowest BCUT2D eigenvalue weighted by molar-refractivity contribution is -0.190. The molecular formula is C34H50N2O9. The van der Waals surface area contributed by atoms with Crippen molar-refractivity contribution in [1.29, 1.82) is 0 Å². The SMILES string of the molecule is CCCCCC1(CCCCC)O[C@@H]2[C@@H](C=C(C(=O)NCCC(=O)NCCO)C[C@H]2OC(=O)c2ccccc2C=COCCO)O1. The molecule has 45 heavy (non-hydrogen) atoms. The number of nitrogens with one attached hydrogen (secondary N) is 2. The highest BCUT2D eigenvalue weighted by molar-refractivity contribution is 5.95. The van der Waals surface area contributed by atoms with Crippen LogP contribution in [-0.4, -0.2) is 85.0 Å². The number of hydrogen-bond acceptors (Lipinski definition) is 9. The largest absolute Gasteiger partial charge is 0.499 e. The molecule has 2 aliphatic rings. The van der Waals surface area contributed by atoms with E-state index in [0.29, 0.717) is 29.5 Å². The van der Waals surface area contributed by atoms with Gasteiger partial charge in [-0.15, -0.1) is 0 Å². The number of benzene rings is 1. The lowest BCUT2D eigenvalue weighted by atomic mass is 9.91. The average Bonchev–Trinajstić information content (AvgIpc) is 3.41. The van der Waals surface area contributed by atoms with E-state index in [-0.39, 0.29) is 57.6 Å². The monoisotopic (exact) mass is 630 g/mol. The standard InChI is InChI=1S/C34H50N2O9/c1-3-5-9-15-34(16-10-6-4-2)44-29-24-26(32(40)36-17-13-30(39)35-18-19-37)23-28(31(29)45-34)43-33(41)27-12-8-7-11-25(27)14-21-42-22-20-38/h7-8,11-12,14,21,24,28-29,31,37-38H,3-6,9-10,13,15-20,22-23H2,1-2H3,(H,35,39)(H,36,40)/t28-,29-,31+/m1/s1. The first-order valence-electron chi connectivity index (χ1n) is 16.3. The molecule has 1 saturated heterocycles. The molecule has 1 aromatic rings. The topological polar surface area (TPSA) is 153 Å². The summed E-state index contributed by atoms with van der Waals surface area (Å²) in [7, 11) is 0. The van der Waals surface area contributed by atoms with Crippen molar-refractivity contribution in [3.8, 4) is 0 Å². The Labute approximate surface area is 266 Å². The quantitative estimate of drug-likeness (QED) is 0.0958. The molecule has 250 valence electrons. The van der Waals surface area contributed by atoms with Crippen molar-refractivity contribution in [2.24, 2.45) is 0 Å². The summed E-state index contributed by atoms with van der Waals surface area (Å²) in [5.74, 6) is -2.05. The third kappa shape index (κ3) is 11.2. The number of carbonyl (C=O) groups excluding carboxylic acids is 3. The number of rotatable bonds is 20. The van der Waals surface area contributed by atoms with Crippen LogP contribution in [0.2, 0.25) is 0 Å². The summed E-state index contributed by atoms with van der Waals surface area (Å²) in [5.41, 5.74) is 1.30. The minimum absolute atomic E-state index is 0.0629. The van der Waals surface area contributed by atoms with Gasteiger partial charge in [0.15, 0.2) is 5.79 Å². The van der Waals surface area contributed by atoms with E-state index in [9.17, 15) is 14.4 Å². The molecule has 1 aliphatic heterocycles. The predicted octanol–water partition coefficient (Wildman–Crippen LogP) is 3.78. The van der Waals surface area contributed by atoms with E-state index in [4.69, 9.17) is 29.2 Å². The molecule has 2 amide bonds. The number of aliphatic hydroxyl groups is 2. The Kier molecular flexibility index (Phi) is 15.5. The number of ether oxygens (including phenoxy) is 4. The number of aliphatic hydroxyl groups excluding tert-OH is 2. The van der Waals surface area contributed by atoms with Gasteiger partial charge in [0.25, 0.3) is 0 Å². The average molecular weight is 631 g/mol. The Morgan fingerprint density at radius 3 is 2.40 bits per heavy atom. The third-order valence-electron chi connectivity index (χ3n) is 7.86. The van der Waals surface area contributed by atoms with E-state index >= 15 is 0 Å². The summed E-state index contributed by atoms with van der Waals surface area (Å²) < 4.78 is 24.6. The van der Waals surface area contributed by atoms with Crippen molar-refractivity contribution < 1.29 is 43.5 Å². The van der Waals surface area contributed by atoms with Crippen LogP contribution in [0.5, 0.6) is 0 Å². The van der Waals surface area contributed by atoms with Crippen molar-refractivity contribution >= 4 is 23.9 Å². The second kappa shape index (κ2) is 19.3. The second-order valence-corrected chi connectivity index (χ2v) is 11.4. The lowest BCUT2D eigenvalue weighted by Gasteiger charge is -2.31. The number of esters is 1. The fourth-order valence-corrected chi connectivity index (χ4v) is 5.56. The summed E-state index contributed by atoms with van der Waals surface area (Å²) >= 11 is 0. The Morgan fingerprint density at radius 2 is 1.71 bits per heavy atom. The second-order valence-electron chi connectivity index (χ2n) is 11.4. The summed E-state index contributed by atoms with van der Waals surface area (Å²) in [6.45, 7) is 4.40. The van der Waals surface area contributed by atoms with Crippen molar-refractivity contribution in [2.45, 2.75) is 102 Å². The first-order chi connectivity index (χ1) is 21.9. The fourth-order valence-electron chi connectivity index (χ4n) is 5.56. The summed E-state index contributed by atoms with van der Waals surface area (Å²) in [5, 5.41) is 23.2. The predicted molar refractivity (Wildman–Crippen MR) is 169 cm³/mol. The molecule has 4 N–H and O–H groups in total. The maximum absolute atomic E-state index is 13.6. The van der Waals surface area contributed by atoms with Gasteiger partial charge in [-0.2, -0.15) is 0 Å². The molecule has 0 saturated carbocycles. The van der Waals surface area contributed by atoms with E-state index in [1.165, 1.54) is 6.26 Å². The highest BCUT2D eigenvalue weighted by Crippen LogP contribution is 2.43. The molecule has 11 heteroatoms. The van der Waals surface area contributed by atoms with Gasteiger partial charge in [-0.1, -0.05) is 57.7 Å². The molecule has 3 atom stereocenters. The van der Waals surface area contributed by atoms with Crippen LogP contribution in [0.1, 0.15) is 94.0 Å². The Morgan fingerprint density at radius 1 is 0.978 bits per heavy atom. The van der Waals surface area contributed by atoms with E-state index in [2.05, 4.69) is 24.5 Å². The lowest BCUT2D eigenvalue weighted by Crippen LogP contribution is -2.44. The van der Waals surface area contributed by atoms with Crippen LogP contribution in [0.25, 0.3) is 6.08 Å². The molecule has 0 aromatic heterocycles. The van der Waals surface area contributed by atoms with Crippen molar-refractivity contribution in [3.05, 3.63) is 53.3 Å². The molecule has 1 aliphatic carbocycles. The van der Waals surface area contributed by atoms with E-state index < -0.39 is 30.1 Å². The van der Waals surface area contributed by atoms with Gasteiger partial charge in [-0.25, -0.2) is 4.79 Å². The molecule has 0 radical (unpaired) electrons. The summed E-state index contributed by atoms with van der Waals surface area (Å²) in [4.78, 5) is 38.8. The van der Waals surface area contributed by atoms with Gasteiger partial charge in [0.05, 0.1) is 25.0 Å². The van der Waals surface area contributed by atoms with Crippen LogP contribution in [-0.2, 0) is 28.5 Å². The first-order valence-corrected chi connectivity index (χ1v) is 16.3. The van der Waals surface area contributed by atoms with E-state index in [0.717, 1.165) is 38.5 Å². The van der Waals surface area contributed by atoms with Gasteiger partial charge in [-0.3, -0.25) is 9.59 Å². The maximum Gasteiger partial charge on any atom is 0.339 e. The van der Waals surface area contributed by atoms with Gasteiger partial charge < -0.3 is 39.8 Å². The molecule has 11 nitrogen and oxygen atoms in total. The van der Waals surface area contributed by atoms with Crippen LogP contribution in [0.15, 0.2) is 42.2 Å². The van der Waals surface area contributed by atoms with Crippen molar-refractivity contribution in [1.82, 2.24) is 10.6 Å². The van der Waals surface area contributed by atoms with E-state index in [1.54, 1.807) is 36.4 Å². The smallest absolute Gasteiger partial charge is 0.339 e. The molecule has 1 heterocycles. The maximum atomic E-state index is 13.6. The fraction of sp³-hybridized carbons (Fsp3) is 0.618. The zero-order chi connectivity index (χ0) is 32.5. The number of fused-ring (bicyclic) bond motifs is 1. The first kappa shape index (κ1) is 36.2. The molecule has 1 aromatic carbocycles. The Balaban J connectivity index is 1.83. The van der Waals surface area contributed by atoms with Gasteiger partial charge >= 0.3 is 5.97 Å². The molecular weight excluding hydrogens is 580 g/mol. The number of carbonyl (C=O) groups is 3. The molecule has 3 rings (SSSR count). The van der Waals surface area contributed by atoms with Crippen molar-refractivity contribution in [3.63, 3.8) is 0 Å². The number of amides is 2. The van der Waals surface area contributed by atoms with Gasteiger partial charge in [-0.05, 0) is 36.6 Å². The molecule has 1 fully saturated rings. The van der Waals surface area contributed by atoms with Gasteiger partial charge in [0.1, 0.15) is 24.9 Å². The minimum atomic E-state index is -0.831. The van der Waals surface area contributed by atoms with Crippen molar-refractivity contribution in [2.75, 3.05) is 32.9 Å².